The minimum Gasteiger partial charge on any atom is -0.305 e. The van der Waals surface area contributed by atoms with Gasteiger partial charge in [-0.05, 0) is 19.1 Å². The maximum absolute atomic E-state index is 12.2. The smallest absolute Gasteiger partial charge is 0.258 e. The third-order valence-corrected chi connectivity index (χ3v) is 3.67. The molecule has 0 spiro atoms. The Balaban J connectivity index is 2.17. The molecule has 21 heavy (non-hydrogen) atoms. The van der Waals surface area contributed by atoms with Gasteiger partial charge < -0.3 is 5.32 Å². The van der Waals surface area contributed by atoms with Crippen molar-refractivity contribution in [2.75, 3.05) is 5.32 Å². The second-order valence-electron chi connectivity index (χ2n) is 4.36. The lowest BCUT2D eigenvalue weighted by Gasteiger charge is -2.05. The summed E-state index contributed by atoms with van der Waals surface area (Å²) in [7, 11) is 0. The van der Waals surface area contributed by atoms with Crippen molar-refractivity contribution >= 4 is 34.9 Å². The van der Waals surface area contributed by atoms with Crippen molar-refractivity contribution < 1.29 is 4.79 Å². The zero-order chi connectivity index (χ0) is 15.4. The van der Waals surface area contributed by atoms with E-state index in [0.29, 0.717) is 23.8 Å². The van der Waals surface area contributed by atoms with E-state index in [1.165, 1.54) is 0 Å². The number of carbonyl (C=O) groups is 1. The van der Waals surface area contributed by atoms with Gasteiger partial charge in [0.2, 0.25) is 0 Å². The summed E-state index contributed by atoms with van der Waals surface area (Å²) >= 11 is 11.9. The third kappa shape index (κ3) is 3.54. The Morgan fingerprint density at radius 2 is 2.24 bits per heavy atom. The first-order valence-corrected chi connectivity index (χ1v) is 6.95. The molecule has 0 atom stereocenters. The minimum absolute atomic E-state index is 0.206. The molecule has 1 amide bonds. The van der Waals surface area contributed by atoms with Crippen LogP contribution in [-0.2, 0) is 6.54 Å². The van der Waals surface area contributed by atoms with Crippen molar-refractivity contribution in [1.82, 2.24) is 9.78 Å². The number of aromatic nitrogens is 2. The molecule has 0 unspecified atom stereocenters. The summed E-state index contributed by atoms with van der Waals surface area (Å²) in [5, 5.41) is 16.0. The van der Waals surface area contributed by atoms with Crippen LogP contribution in [-0.4, -0.2) is 15.7 Å². The number of benzene rings is 1. The van der Waals surface area contributed by atoms with E-state index in [4.69, 9.17) is 28.5 Å². The number of rotatable bonds is 4. The Kier molecular flexibility index (Phi) is 4.84. The van der Waals surface area contributed by atoms with Gasteiger partial charge in [-0.3, -0.25) is 9.48 Å². The fourth-order valence-corrected chi connectivity index (χ4v) is 2.20. The van der Waals surface area contributed by atoms with Crippen LogP contribution in [0.2, 0.25) is 10.0 Å². The molecule has 7 heteroatoms. The van der Waals surface area contributed by atoms with Gasteiger partial charge in [0.25, 0.3) is 5.91 Å². The number of amides is 1. The quantitative estimate of drug-likeness (QED) is 0.933. The topological polar surface area (TPSA) is 70.7 Å². The number of nitrogens with zero attached hydrogens (tertiary/aromatic N) is 3. The number of nitriles is 1. The van der Waals surface area contributed by atoms with Crippen molar-refractivity contribution in [3.63, 3.8) is 0 Å². The van der Waals surface area contributed by atoms with Crippen molar-refractivity contribution in [3.8, 4) is 6.07 Å². The van der Waals surface area contributed by atoms with Crippen molar-refractivity contribution in [2.24, 2.45) is 0 Å². The van der Waals surface area contributed by atoms with Crippen LogP contribution < -0.4 is 5.32 Å². The van der Waals surface area contributed by atoms with Gasteiger partial charge >= 0.3 is 0 Å². The zero-order valence-electron chi connectivity index (χ0n) is 11.2. The van der Waals surface area contributed by atoms with Crippen LogP contribution >= 0.6 is 23.2 Å². The summed E-state index contributed by atoms with van der Waals surface area (Å²) in [5.74, 6) is 0.0268. The molecule has 2 rings (SSSR count). The molecule has 0 radical (unpaired) electrons. The largest absolute Gasteiger partial charge is 0.305 e. The van der Waals surface area contributed by atoms with Gasteiger partial charge in [0, 0.05) is 11.8 Å². The molecule has 0 saturated carbocycles. The van der Waals surface area contributed by atoms with Crippen LogP contribution in [0.5, 0.6) is 0 Å². The first-order chi connectivity index (χ1) is 10.0. The average Bonchev–Trinajstić information content (AvgIpc) is 2.79. The Bertz CT molecular complexity index is 718. The Morgan fingerprint density at radius 3 is 2.95 bits per heavy atom. The Labute approximate surface area is 132 Å². The van der Waals surface area contributed by atoms with Gasteiger partial charge in [-0.25, -0.2) is 0 Å². The molecular weight excluding hydrogens is 311 g/mol. The number of halogens is 2. The highest BCUT2D eigenvalue weighted by Gasteiger charge is 2.14. The predicted octanol–water partition coefficient (Wildman–Crippen LogP) is 3.66. The van der Waals surface area contributed by atoms with Crippen LogP contribution in [0.4, 0.5) is 5.82 Å². The number of hydrogen-bond acceptors (Lipinski definition) is 3. The molecule has 1 N–H and O–H groups in total. The van der Waals surface area contributed by atoms with E-state index in [1.807, 2.05) is 6.92 Å². The molecule has 2 aromatic rings. The first kappa shape index (κ1) is 15.4. The van der Waals surface area contributed by atoms with Gasteiger partial charge in [-0.1, -0.05) is 29.3 Å². The summed E-state index contributed by atoms with van der Waals surface area (Å²) in [4.78, 5) is 12.2. The first-order valence-electron chi connectivity index (χ1n) is 6.19. The van der Waals surface area contributed by atoms with Crippen LogP contribution in [0.1, 0.15) is 22.5 Å². The van der Waals surface area contributed by atoms with Crippen LogP contribution in [0, 0.1) is 18.3 Å². The highest BCUT2D eigenvalue weighted by molar-refractivity contribution is 6.44. The lowest BCUT2D eigenvalue weighted by Crippen LogP contribution is -2.13. The zero-order valence-corrected chi connectivity index (χ0v) is 12.7. The third-order valence-electron chi connectivity index (χ3n) is 2.85. The standard InChI is InChI=1S/C14H12Cl2N4O/c1-9-8-12(19-20(9)7-3-6-17)18-14(21)10-4-2-5-11(15)13(10)16/h2,4-5,8H,3,7H2,1H3,(H,18,19,21). The SMILES string of the molecule is Cc1cc(NC(=O)c2cccc(Cl)c2Cl)nn1CCC#N. The summed E-state index contributed by atoms with van der Waals surface area (Å²) in [6.07, 6.45) is 0.357. The van der Waals surface area contributed by atoms with Crippen molar-refractivity contribution in [2.45, 2.75) is 19.9 Å². The molecule has 0 fully saturated rings. The molecule has 1 aromatic heterocycles. The molecule has 0 saturated heterocycles. The molecule has 108 valence electrons. The molecular formula is C14H12Cl2N4O. The molecule has 0 aliphatic rings. The Morgan fingerprint density at radius 1 is 1.48 bits per heavy atom. The highest BCUT2D eigenvalue weighted by Crippen LogP contribution is 2.26. The monoisotopic (exact) mass is 322 g/mol. The predicted molar refractivity (Wildman–Crippen MR) is 81.6 cm³/mol. The molecule has 0 aliphatic carbocycles. The lowest BCUT2D eigenvalue weighted by molar-refractivity contribution is 0.102. The molecule has 0 aliphatic heterocycles. The molecule has 0 bridgehead atoms. The number of hydrogen-bond donors (Lipinski definition) is 1. The minimum atomic E-state index is -0.382. The maximum atomic E-state index is 12.2. The molecule has 1 aromatic carbocycles. The van der Waals surface area contributed by atoms with Crippen LogP contribution in [0.3, 0.4) is 0 Å². The molecule has 5 nitrogen and oxygen atoms in total. The Hall–Kier alpha value is -2.03. The number of carbonyl (C=O) groups excluding carboxylic acids is 1. The summed E-state index contributed by atoms with van der Waals surface area (Å²) in [6, 6.07) is 8.63. The van der Waals surface area contributed by atoms with Gasteiger partial charge in [0.15, 0.2) is 5.82 Å². The number of nitrogens with one attached hydrogen (secondary N) is 1. The van der Waals surface area contributed by atoms with Crippen molar-refractivity contribution in [3.05, 3.63) is 45.6 Å². The lowest BCUT2D eigenvalue weighted by atomic mass is 10.2. The van der Waals surface area contributed by atoms with E-state index in [-0.39, 0.29) is 16.5 Å². The fourth-order valence-electron chi connectivity index (χ4n) is 1.82. The summed E-state index contributed by atoms with van der Waals surface area (Å²) in [6.45, 7) is 2.34. The van der Waals surface area contributed by atoms with Gasteiger partial charge in [-0.2, -0.15) is 10.4 Å². The van der Waals surface area contributed by atoms with E-state index >= 15 is 0 Å². The average molecular weight is 323 g/mol. The van der Waals surface area contributed by atoms with E-state index in [1.54, 1.807) is 28.9 Å². The van der Waals surface area contributed by atoms with E-state index in [9.17, 15) is 4.79 Å². The normalized spacial score (nSPS) is 10.2. The number of anilines is 1. The van der Waals surface area contributed by atoms with Crippen LogP contribution in [0.25, 0.3) is 0 Å². The second kappa shape index (κ2) is 6.61. The van der Waals surface area contributed by atoms with E-state index in [0.717, 1.165) is 5.69 Å². The van der Waals surface area contributed by atoms with E-state index < -0.39 is 0 Å². The fraction of sp³-hybridized carbons (Fsp3) is 0.214. The van der Waals surface area contributed by atoms with Crippen molar-refractivity contribution in [1.29, 1.82) is 5.26 Å². The van der Waals surface area contributed by atoms with Crippen LogP contribution in [0.15, 0.2) is 24.3 Å². The van der Waals surface area contributed by atoms with Gasteiger partial charge in [-0.15, -0.1) is 0 Å². The number of aryl methyl sites for hydroxylation is 2. The van der Waals surface area contributed by atoms with Gasteiger partial charge in [0.05, 0.1) is 34.6 Å². The van der Waals surface area contributed by atoms with Gasteiger partial charge in [0.1, 0.15) is 0 Å². The second-order valence-corrected chi connectivity index (χ2v) is 5.14. The maximum Gasteiger partial charge on any atom is 0.258 e. The summed E-state index contributed by atoms with van der Waals surface area (Å²) in [5.41, 5.74) is 1.14. The highest BCUT2D eigenvalue weighted by atomic mass is 35.5. The summed E-state index contributed by atoms with van der Waals surface area (Å²) < 4.78 is 1.67. The van der Waals surface area contributed by atoms with E-state index in [2.05, 4.69) is 16.5 Å². The molecule has 1 heterocycles.